The third-order valence-corrected chi connectivity index (χ3v) is 9.46. The van der Waals surface area contributed by atoms with Gasteiger partial charge < -0.3 is 20.1 Å². The van der Waals surface area contributed by atoms with Gasteiger partial charge in [0.25, 0.3) is 0 Å². The SMILES string of the molecule is CC/C=C\C/C=C\C/C=C\C/C=C\CCCCC(=O)OC[C@H](COP(=O)(O)OCCN)OC(=O)CCCCCCCCCCCCCCCCCC. The first-order chi connectivity index (χ1) is 25.3. The van der Waals surface area contributed by atoms with E-state index in [1.54, 1.807) is 0 Å². The molecule has 0 saturated heterocycles. The van der Waals surface area contributed by atoms with Crippen LogP contribution in [0.15, 0.2) is 48.6 Å². The van der Waals surface area contributed by atoms with E-state index in [1.165, 1.54) is 77.0 Å². The highest BCUT2D eigenvalue weighted by Gasteiger charge is 2.25. The average Bonchev–Trinajstić information content (AvgIpc) is 3.13. The summed E-state index contributed by atoms with van der Waals surface area (Å²) in [6.45, 7) is 3.57. The second-order valence-electron chi connectivity index (χ2n) is 13.5. The quantitative estimate of drug-likeness (QED) is 0.0273. The second-order valence-corrected chi connectivity index (χ2v) is 14.9. The van der Waals surface area contributed by atoms with Gasteiger partial charge in [0.2, 0.25) is 0 Å². The minimum Gasteiger partial charge on any atom is -0.462 e. The van der Waals surface area contributed by atoms with Gasteiger partial charge in [0.15, 0.2) is 6.10 Å². The summed E-state index contributed by atoms with van der Waals surface area (Å²) in [6.07, 6.45) is 42.9. The average molecular weight is 754 g/mol. The summed E-state index contributed by atoms with van der Waals surface area (Å²) in [6, 6.07) is 0. The van der Waals surface area contributed by atoms with Crippen molar-refractivity contribution in [3.8, 4) is 0 Å². The molecule has 52 heavy (non-hydrogen) atoms. The number of nitrogens with two attached hydrogens (primary N) is 1. The van der Waals surface area contributed by atoms with Crippen LogP contribution in [0.4, 0.5) is 0 Å². The summed E-state index contributed by atoms with van der Waals surface area (Å²) in [5.41, 5.74) is 5.34. The van der Waals surface area contributed by atoms with E-state index in [9.17, 15) is 19.0 Å². The van der Waals surface area contributed by atoms with Crippen LogP contribution in [0, 0.1) is 0 Å². The molecule has 0 aliphatic carbocycles. The highest BCUT2D eigenvalue weighted by atomic mass is 31.2. The van der Waals surface area contributed by atoms with Crippen molar-refractivity contribution in [2.24, 2.45) is 5.73 Å². The Morgan fingerprint density at radius 2 is 1.06 bits per heavy atom. The molecule has 9 nitrogen and oxygen atoms in total. The van der Waals surface area contributed by atoms with Gasteiger partial charge in [-0.25, -0.2) is 4.57 Å². The van der Waals surface area contributed by atoms with Gasteiger partial charge in [0.1, 0.15) is 6.61 Å². The molecule has 2 atom stereocenters. The number of esters is 2. The van der Waals surface area contributed by atoms with Gasteiger partial charge in [-0.3, -0.25) is 18.6 Å². The van der Waals surface area contributed by atoms with Crippen LogP contribution in [0.25, 0.3) is 0 Å². The second kappa shape index (κ2) is 38.7. The molecule has 0 bridgehead atoms. The minimum absolute atomic E-state index is 0.0472. The summed E-state index contributed by atoms with van der Waals surface area (Å²) in [5.74, 6) is -0.876. The predicted octanol–water partition coefficient (Wildman–Crippen LogP) is 11.6. The molecule has 0 spiro atoms. The minimum atomic E-state index is -4.38. The van der Waals surface area contributed by atoms with E-state index in [1.807, 2.05) is 0 Å². The normalized spacial score (nSPS) is 13.8. The van der Waals surface area contributed by atoms with E-state index < -0.39 is 32.5 Å². The van der Waals surface area contributed by atoms with Crippen molar-refractivity contribution < 1.29 is 37.6 Å². The molecule has 3 N–H and O–H groups in total. The first-order valence-corrected chi connectivity index (χ1v) is 22.1. The molecular weight excluding hydrogens is 677 g/mol. The van der Waals surface area contributed by atoms with Crippen molar-refractivity contribution in [2.75, 3.05) is 26.4 Å². The monoisotopic (exact) mass is 754 g/mol. The molecule has 302 valence electrons. The van der Waals surface area contributed by atoms with Crippen LogP contribution in [-0.4, -0.2) is 49.3 Å². The van der Waals surface area contributed by atoms with Crippen LogP contribution in [0.1, 0.15) is 174 Å². The summed E-state index contributed by atoms with van der Waals surface area (Å²) in [4.78, 5) is 34.8. The Morgan fingerprint density at radius 1 is 0.596 bits per heavy atom. The first kappa shape index (κ1) is 50.0. The zero-order chi connectivity index (χ0) is 38.2. The highest BCUT2D eigenvalue weighted by molar-refractivity contribution is 7.47. The maximum Gasteiger partial charge on any atom is 0.472 e. The number of phosphoric ester groups is 1. The number of carbonyl (C=O) groups excluding carboxylic acids is 2. The maximum absolute atomic E-state index is 12.6. The summed E-state index contributed by atoms with van der Waals surface area (Å²) in [7, 11) is -4.38. The van der Waals surface area contributed by atoms with Gasteiger partial charge >= 0.3 is 19.8 Å². The van der Waals surface area contributed by atoms with Crippen molar-refractivity contribution in [2.45, 2.75) is 180 Å². The fraction of sp³-hybridized carbons (Fsp3) is 0.762. The largest absolute Gasteiger partial charge is 0.472 e. The lowest BCUT2D eigenvalue weighted by atomic mass is 10.0. The number of carbonyl (C=O) groups is 2. The Balaban J connectivity index is 4.23. The van der Waals surface area contributed by atoms with Gasteiger partial charge in [-0.05, 0) is 51.4 Å². The van der Waals surface area contributed by atoms with Gasteiger partial charge in [-0.1, -0.05) is 159 Å². The van der Waals surface area contributed by atoms with Crippen LogP contribution in [0.3, 0.4) is 0 Å². The van der Waals surface area contributed by atoms with E-state index in [0.717, 1.165) is 57.8 Å². The molecule has 0 heterocycles. The molecule has 0 aromatic heterocycles. The zero-order valence-electron chi connectivity index (χ0n) is 33.0. The Hall–Kier alpha value is -2.03. The number of rotatable bonds is 38. The number of hydrogen-bond donors (Lipinski definition) is 2. The van der Waals surface area contributed by atoms with E-state index in [2.05, 4.69) is 62.5 Å². The molecule has 0 rings (SSSR count). The Labute approximate surface area is 317 Å². The van der Waals surface area contributed by atoms with Crippen molar-refractivity contribution in [3.63, 3.8) is 0 Å². The molecule has 0 fully saturated rings. The van der Waals surface area contributed by atoms with Crippen LogP contribution in [0.5, 0.6) is 0 Å². The molecule has 0 aromatic carbocycles. The summed E-state index contributed by atoms with van der Waals surface area (Å²) >= 11 is 0. The van der Waals surface area contributed by atoms with E-state index in [4.69, 9.17) is 24.3 Å². The van der Waals surface area contributed by atoms with Gasteiger partial charge in [0.05, 0.1) is 13.2 Å². The molecule has 10 heteroatoms. The Kier molecular flexibility index (Phi) is 37.2. The zero-order valence-corrected chi connectivity index (χ0v) is 33.9. The fourth-order valence-corrected chi connectivity index (χ4v) is 6.21. The van der Waals surface area contributed by atoms with Crippen LogP contribution >= 0.6 is 7.82 Å². The lowest BCUT2D eigenvalue weighted by Crippen LogP contribution is -2.29. The highest BCUT2D eigenvalue weighted by Crippen LogP contribution is 2.43. The van der Waals surface area contributed by atoms with E-state index in [-0.39, 0.29) is 32.6 Å². The van der Waals surface area contributed by atoms with Gasteiger partial charge in [-0.15, -0.1) is 0 Å². The van der Waals surface area contributed by atoms with Crippen molar-refractivity contribution in [1.82, 2.24) is 0 Å². The number of hydrogen-bond acceptors (Lipinski definition) is 8. The van der Waals surface area contributed by atoms with Crippen LogP contribution in [-0.2, 0) is 32.7 Å². The molecule has 0 saturated carbocycles. The van der Waals surface area contributed by atoms with Gasteiger partial charge in [-0.2, -0.15) is 0 Å². The molecule has 1 unspecified atom stereocenters. The predicted molar refractivity (Wildman–Crippen MR) is 215 cm³/mol. The molecule has 0 aliphatic heterocycles. The summed E-state index contributed by atoms with van der Waals surface area (Å²) < 4.78 is 32.7. The van der Waals surface area contributed by atoms with Crippen molar-refractivity contribution in [1.29, 1.82) is 0 Å². The number of phosphoric acid groups is 1. The van der Waals surface area contributed by atoms with Crippen molar-refractivity contribution in [3.05, 3.63) is 48.6 Å². The topological polar surface area (TPSA) is 134 Å². The van der Waals surface area contributed by atoms with Crippen LogP contribution in [0.2, 0.25) is 0 Å². The van der Waals surface area contributed by atoms with E-state index >= 15 is 0 Å². The summed E-state index contributed by atoms with van der Waals surface area (Å²) in [5, 5.41) is 0. The van der Waals surface area contributed by atoms with Crippen LogP contribution < -0.4 is 5.73 Å². The fourth-order valence-electron chi connectivity index (χ4n) is 5.45. The smallest absolute Gasteiger partial charge is 0.462 e. The van der Waals surface area contributed by atoms with E-state index in [0.29, 0.717) is 12.8 Å². The lowest BCUT2D eigenvalue weighted by molar-refractivity contribution is -0.161. The van der Waals surface area contributed by atoms with Gasteiger partial charge in [0, 0.05) is 19.4 Å². The Bertz CT molecular complexity index is 996. The first-order valence-electron chi connectivity index (χ1n) is 20.6. The number of unbranched alkanes of at least 4 members (excludes halogenated alkanes) is 17. The molecule has 0 aromatic rings. The molecule has 0 amide bonds. The lowest BCUT2D eigenvalue weighted by Gasteiger charge is -2.19. The molecular formula is C42H76NO8P. The Morgan fingerprint density at radius 3 is 1.58 bits per heavy atom. The molecule has 0 aliphatic rings. The number of allylic oxidation sites excluding steroid dienone is 8. The molecule has 0 radical (unpaired) electrons. The third kappa shape index (κ3) is 37.7. The van der Waals surface area contributed by atoms with Crippen molar-refractivity contribution >= 4 is 19.8 Å². The number of ether oxygens (including phenoxy) is 2. The standard InChI is InChI=1S/C42H76NO8P/c1-3-5-7-9-11-13-15-17-19-21-23-25-27-29-31-33-35-42(45)51-40(39-50-52(46,47)49-37-36-43)38-48-41(44)34-32-30-28-26-24-22-20-18-16-14-12-10-8-6-4-2/h6,8,12,14,18,20,24,26,40H,3-5,7,9-11,13,15-17,19,21-23,25,27-39,43H2,1-2H3,(H,46,47)/b8-6-,14-12-,20-18-,26-24-/t40-/m1/s1. The maximum atomic E-state index is 12.6. The third-order valence-electron chi connectivity index (χ3n) is 8.48.